The van der Waals surface area contributed by atoms with Gasteiger partial charge in [0.05, 0.1) is 42.6 Å². The number of rotatable bonds is 9. The molecule has 14 heteroatoms. The molecule has 0 N–H and O–H groups in total. The van der Waals surface area contributed by atoms with Gasteiger partial charge in [-0.2, -0.15) is 0 Å². The van der Waals surface area contributed by atoms with Gasteiger partial charge in [-0.05, 0) is 132 Å². The van der Waals surface area contributed by atoms with E-state index in [4.69, 9.17) is 48.7 Å². The zero-order valence-electron chi connectivity index (χ0n) is 56.9. The Labute approximate surface area is 629 Å². The van der Waals surface area contributed by atoms with E-state index >= 15 is 0 Å². The molecule has 0 fully saturated rings. The van der Waals surface area contributed by atoms with Crippen LogP contribution in [0.2, 0.25) is 0 Å². The molecule has 0 atom stereocenters. The number of furan rings is 2. The van der Waals surface area contributed by atoms with Crippen molar-refractivity contribution in [2.24, 2.45) is 0 Å². The number of halogens is 1. The molecule has 14 aromatic carbocycles. The van der Waals surface area contributed by atoms with Crippen LogP contribution < -0.4 is 0 Å². The Balaban J connectivity index is 0.000000118. The third kappa shape index (κ3) is 11.8. The van der Waals surface area contributed by atoms with Gasteiger partial charge in [-0.25, -0.2) is 39.9 Å². The van der Waals surface area contributed by atoms with Crippen LogP contribution >= 0.6 is 38.6 Å². The molecular formula is C93H56BrN9O2S2. The van der Waals surface area contributed by atoms with Crippen LogP contribution in [-0.4, -0.2) is 44.4 Å². The third-order valence-corrected chi connectivity index (χ3v) is 22.4. The Morgan fingerprint density at radius 2 is 0.692 bits per heavy atom. The molecule has 107 heavy (non-hydrogen) atoms. The van der Waals surface area contributed by atoms with E-state index in [1.807, 2.05) is 158 Å². The Morgan fingerprint density at radius 3 is 1.26 bits per heavy atom. The van der Waals surface area contributed by atoms with E-state index < -0.39 is 0 Å². The second-order valence-corrected chi connectivity index (χ2v) is 29.2. The summed E-state index contributed by atoms with van der Waals surface area (Å²) in [5, 5.41) is 8.75. The molecule has 11 nitrogen and oxygen atoms in total. The predicted octanol–water partition coefficient (Wildman–Crippen LogP) is 25.2. The molecule has 1 aliphatic carbocycles. The molecule has 0 saturated heterocycles. The van der Waals surface area contributed by atoms with E-state index in [1.165, 1.54) is 48.0 Å². The standard InChI is InChI=1S/C46H27N5OS.C27H16BrN3O.C20H13NS/c1-2-11-28(12-3-1)43-48-44(50-45(49-43)36-16-10-15-35-34-14-5-8-19-40(34)52-42(35)36)29-21-24-31(25-22-29)51-38-18-7-4-13-32(38)33-26-23-30(27-39(33)51)46-47-37-17-6-9-20-41(37)53-46;28-19-15-13-18(14-16-19)26-29-25(17-7-2-1-3-8-17)30-27(31-26)22-11-6-10-21-20-9-4-5-12-23(20)32-24(21)22;1-2-6-16-13(5-1)11-15-12-14(9-10-17(15)16)20-21-18-7-3-4-8-19(18)22-20/h1-27H;1-16H;1-10,12H,11H2. The van der Waals surface area contributed by atoms with Gasteiger partial charge in [0.25, 0.3) is 0 Å². The number of hydrogen-bond acceptors (Lipinski definition) is 12. The summed E-state index contributed by atoms with van der Waals surface area (Å²) in [5.74, 6) is 3.59. The molecule has 0 aliphatic heterocycles. The lowest BCUT2D eigenvalue weighted by molar-refractivity contribution is 0.669. The van der Waals surface area contributed by atoms with Gasteiger partial charge in [-0.1, -0.05) is 240 Å². The number of aromatic nitrogens is 9. The second-order valence-electron chi connectivity index (χ2n) is 26.2. The first-order valence-corrected chi connectivity index (χ1v) is 37.6. The van der Waals surface area contributed by atoms with Crippen molar-refractivity contribution in [3.8, 4) is 106 Å². The summed E-state index contributed by atoms with van der Waals surface area (Å²) in [6.45, 7) is 0. The van der Waals surface area contributed by atoms with Crippen molar-refractivity contribution in [3.05, 3.63) is 343 Å². The lowest BCUT2D eigenvalue weighted by Gasteiger charge is -2.11. The molecule has 0 radical (unpaired) electrons. The smallest absolute Gasteiger partial charge is 0.167 e. The minimum Gasteiger partial charge on any atom is -0.455 e. The molecule has 0 bridgehead atoms. The lowest BCUT2D eigenvalue weighted by Crippen LogP contribution is -2.00. The van der Waals surface area contributed by atoms with E-state index in [9.17, 15) is 0 Å². The highest BCUT2D eigenvalue weighted by Crippen LogP contribution is 2.43. The summed E-state index contributed by atoms with van der Waals surface area (Å²) in [6, 6.07) is 112. The van der Waals surface area contributed by atoms with Crippen molar-refractivity contribution >= 4 is 125 Å². The molecule has 1 aliphatic rings. The fraction of sp³-hybridized carbons (Fsp3) is 0.0108. The highest BCUT2D eigenvalue weighted by molar-refractivity contribution is 9.10. The van der Waals surface area contributed by atoms with Crippen molar-refractivity contribution < 1.29 is 8.83 Å². The van der Waals surface area contributed by atoms with Crippen LogP contribution in [0.5, 0.6) is 0 Å². The summed E-state index contributed by atoms with van der Waals surface area (Å²) in [6.07, 6.45) is 1.03. The molecule has 22 rings (SSSR count). The molecule has 0 amide bonds. The zero-order valence-corrected chi connectivity index (χ0v) is 60.1. The summed E-state index contributed by atoms with van der Waals surface area (Å²) in [7, 11) is 0. The first kappa shape index (κ1) is 63.4. The van der Waals surface area contributed by atoms with Gasteiger partial charge in [0.2, 0.25) is 0 Å². The average molecular weight is 1480 g/mol. The van der Waals surface area contributed by atoms with Crippen LogP contribution in [0.25, 0.3) is 192 Å². The maximum absolute atomic E-state index is 6.40. The number of benzene rings is 14. The Bertz CT molecular complexity index is 6940. The summed E-state index contributed by atoms with van der Waals surface area (Å²) in [5.41, 5.74) is 21.9. The normalized spacial score (nSPS) is 11.7. The maximum atomic E-state index is 6.40. The van der Waals surface area contributed by atoms with Crippen molar-refractivity contribution in [1.82, 2.24) is 44.4 Å². The minimum absolute atomic E-state index is 0.562. The number of nitrogens with zero attached hydrogens (tertiary/aromatic N) is 9. The fourth-order valence-corrected chi connectivity index (χ4v) is 16.7. The van der Waals surface area contributed by atoms with E-state index in [0.717, 1.165) is 131 Å². The van der Waals surface area contributed by atoms with Gasteiger partial charge in [0.15, 0.2) is 34.9 Å². The van der Waals surface area contributed by atoms with Gasteiger partial charge in [0.1, 0.15) is 32.3 Å². The summed E-state index contributed by atoms with van der Waals surface area (Å²) in [4.78, 5) is 39.3. The SMILES string of the molecule is Brc1ccc(-c2nc(-c3ccccc3)nc(-c3cccc4c3oc3ccccc34)n2)cc1.c1ccc(-c2nc(-c3ccc(-n4c5ccccc5c5ccc(-c6nc7ccccc7s6)cc54)cc3)nc(-c3cccc4c3oc3ccccc34)n2)cc1.c1ccc2c(c1)Cc1cc(-c3nc4ccccc4s3)ccc1-2. The fourth-order valence-electron chi connectivity index (χ4n) is 14.5. The lowest BCUT2D eigenvalue weighted by atomic mass is 10.0. The van der Waals surface area contributed by atoms with Crippen molar-refractivity contribution in [3.63, 3.8) is 0 Å². The molecule has 0 unspecified atom stereocenters. The third-order valence-electron chi connectivity index (χ3n) is 19.7. The first-order chi connectivity index (χ1) is 52.9. The average Bonchev–Trinajstić information content (AvgIpc) is 1.60. The van der Waals surface area contributed by atoms with E-state index in [1.54, 1.807) is 22.7 Å². The van der Waals surface area contributed by atoms with E-state index in [2.05, 4.69) is 190 Å². The highest BCUT2D eigenvalue weighted by Gasteiger charge is 2.23. The summed E-state index contributed by atoms with van der Waals surface area (Å²) >= 11 is 6.99. The highest BCUT2D eigenvalue weighted by atomic mass is 79.9. The number of fused-ring (bicyclic) bond motifs is 14. The predicted molar refractivity (Wildman–Crippen MR) is 441 cm³/mol. The Hall–Kier alpha value is -13.2. The number of hydrogen-bond donors (Lipinski definition) is 0. The van der Waals surface area contributed by atoms with Gasteiger partial charge < -0.3 is 13.4 Å². The van der Waals surface area contributed by atoms with Crippen LogP contribution in [0, 0.1) is 0 Å². The molecule has 0 saturated carbocycles. The van der Waals surface area contributed by atoms with E-state index in [-0.39, 0.29) is 0 Å². The monoisotopic (exact) mass is 1470 g/mol. The van der Waals surface area contributed by atoms with Gasteiger partial charge in [-0.3, -0.25) is 0 Å². The zero-order chi connectivity index (χ0) is 70.9. The first-order valence-electron chi connectivity index (χ1n) is 35.2. The topological polar surface area (TPSA) is 134 Å². The van der Waals surface area contributed by atoms with Crippen LogP contribution in [0.3, 0.4) is 0 Å². The van der Waals surface area contributed by atoms with Gasteiger partial charge in [-0.15, -0.1) is 22.7 Å². The molecule has 0 spiro atoms. The van der Waals surface area contributed by atoms with E-state index in [0.29, 0.717) is 34.9 Å². The van der Waals surface area contributed by atoms with Crippen molar-refractivity contribution in [2.45, 2.75) is 6.42 Å². The molecule has 7 heterocycles. The number of thiazole rings is 2. The molecule has 21 aromatic rings. The summed E-state index contributed by atoms with van der Waals surface area (Å²) < 4.78 is 18.4. The van der Waals surface area contributed by atoms with Crippen LogP contribution in [0.1, 0.15) is 11.1 Å². The number of para-hydroxylation sites is 7. The quantitative estimate of drug-likeness (QED) is 0.137. The van der Waals surface area contributed by atoms with Gasteiger partial charge >= 0.3 is 0 Å². The maximum Gasteiger partial charge on any atom is 0.167 e. The molecular weight excluding hydrogens is 1420 g/mol. The van der Waals surface area contributed by atoms with Crippen molar-refractivity contribution in [1.29, 1.82) is 0 Å². The van der Waals surface area contributed by atoms with Gasteiger partial charge in [0, 0.05) is 75.9 Å². The van der Waals surface area contributed by atoms with Crippen LogP contribution in [-0.2, 0) is 6.42 Å². The van der Waals surface area contributed by atoms with Crippen LogP contribution in [0.4, 0.5) is 0 Å². The Morgan fingerprint density at radius 1 is 0.280 bits per heavy atom. The largest absolute Gasteiger partial charge is 0.455 e. The molecule has 7 aromatic heterocycles. The minimum atomic E-state index is 0.562. The Kier molecular flexibility index (Phi) is 15.9. The van der Waals surface area contributed by atoms with Crippen molar-refractivity contribution in [2.75, 3.05) is 0 Å². The molecule has 504 valence electrons. The second kappa shape index (κ2) is 26.8. The van der Waals surface area contributed by atoms with Crippen LogP contribution in [0.15, 0.2) is 341 Å².